The third kappa shape index (κ3) is 4.22. The van der Waals surface area contributed by atoms with E-state index in [9.17, 15) is 18.0 Å². The smallest absolute Gasteiger partial charge is 0.392 e. The molecule has 1 aliphatic rings. The highest BCUT2D eigenvalue weighted by Gasteiger charge is 2.46. The number of aromatic nitrogens is 4. The molecule has 0 spiro atoms. The summed E-state index contributed by atoms with van der Waals surface area (Å²) in [4.78, 5) is 19.7. The number of fused-ring (bicyclic) bond motifs is 1. The van der Waals surface area contributed by atoms with E-state index in [1.165, 1.54) is 6.20 Å². The van der Waals surface area contributed by atoms with Crippen molar-refractivity contribution in [2.24, 2.45) is 0 Å². The van der Waals surface area contributed by atoms with E-state index in [-0.39, 0.29) is 0 Å². The van der Waals surface area contributed by atoms with Crippen LogP contribution in [0.5, 0.6) is 5.75 Å². The first kappa shape index (κ1) is 20.1. The number of aryl methyl sites for hydroxylation is 1. The maximum atomic E-state index is 12.3. The molecule has 0 unspecified atom stereocenters. The highest BCUT2D eigenvalue weighted by molar-refractivity contribution is 5.82. The Morgan fingerprint density at radius 2 is 2.13 bits per heavy atom. The summed E-state index contributed by atoms with van der Waals surface area (Å²) in [5.74, 6) is 0.329. The van der Waals surface area contributed by atoms with E-state index >= 15 is 0 Å². The van der Waals surface area contributed by atoms with Crippen LogP contribution in [0.3, 0.4) is 0 Å². The minimum atomic E-state index is -4.25. The molecule has 10 heteroatoms. The molecule has 0 radical (unpaired) electrons. The van der Waals surface area contributed by atoms with Gasteiger partial charge in [-0.15, -0.1) is 0 Å². The lowest BCUT2D eigenvalue weighted by Crippen LogP contribution is -2.28. The van der Waals surface area contributed by atoms with Gasteiger partial charge < -0.3 is 10.1 Å². The molecule has 4 rings (SSSR count). The van der Waals surface area contributed by atoms with E-state index in [2.05, 4.69) is 20.4 Å². The van der Waals surface area contributed by atoms with Gasteiger partial charge in [-0.1, -0.05) is 0 Å². The number of ether oxygens (including phenoxy) is 1. The summed E-state index contributed by atoms with van der Waals surface area (Å²) in [6, 6.07) is 3.58. The van der Waals surface area contributed by atoms with Crippen LogP contribution in [-0.4, -0.2) is 38.9 Å². The van der Waals surface area contributed by atoms with E-state index < -0.39 is 24.7 Å². The number of carbonyl (C=O) groups is 1. The lowest BCUT2D eigenvalue weighted by molar-refractivity contribution is -0.139. The molecule has 1 saturated carbocycles. The fourth-order valence-electron chi connectivity index (χ4n) is 3.43. The predicted molar refractivity (Wildman–Crippen MR) is 102 cm³/mol. The van der Waals surface area contributed by atoms with Crippen LogP contribution >= 0.6 is 0 Å². The first-order valence-corrected chi connectivity index (χ1v) is 9.49. The van der Waals surface area contributed by atoms with Crippen LogP contribution in [0.2, 0.25) is 0 Å². The molecule has 1 aliphatic carbocycles. The van der Waals surface area contributed by atoms with E-state index in [1.807, 2.05) is 12.3 Å². The topological polar surface area (TPSA) is 81.9 Å². The van der Waals surface area contributed by atoms with Gasteiger partial charge in [0, 0.05) is 17.8 Å². The maximum absolute atomic E-state index is 12.3. The van der Waals surface area contributed by atoms with Crippen molar-refractivity contribution >= 4 is 17.3 Å². The predicted octanol–water partition coefficient (Wildman–Crippen LogP) is 3.25. The largest absolute Gasteiger partial charge is 0.491 e. The summed E-state index contributed by atoms with van der Waals surface area (Å²) in [7, 11) is 0. The quantitative estimate of drug-likeness (QED) is 0.567. The van der Waals surface area contributed by atoms with Crippen LogP contribution in [0.1, 0.15) is 36.2 Å². The van der Waals surface area contributed by atoms with Gasteiger partial charge in [-0.3, -0.25) is 19.4 Å². The molecule has 1 N–H and O–H groups in total. The summed E-state index contributed by atoms with van der Waals surface area (Å²) >= 11 is 0. The molecule has 0 atom stereocenters. The summed E-state index contributed by atoms with van der Waals surface area (Å²) in [6.45, 7) is 1.70. The van der Waals surface area contributed by atoms with Crippen molar-refractivity contribution in [2.75, 3.05) is 6.61 Å². The van der Waals surface area contributed by atoms with Crippen molar-refractivity contribution in [1.82, 2.24) is 25.1 Å². The van der Waals surface area contributed by atoms with Crippen LogP contribution in [0.15, 0.2) is 30.7 Å². The Labute approximate surface area is 170 Å². The van der Waals surface area contributed by atoms with E-state index in [0.717, 1.165) is 29.4 Å². The first-order valence-electron chi connectivity index (χ1n) is 9.49. The van der Waals surface area contributed by atoms with Crippen LogP contribution < -0.4 is 10.1 Å². The number of halogens is 3. The second-order valence-electron chi connectivity index (χ2n) is 7.42. The van der Waals surface area contributed by atoms with E-state index in [4.69, 9.17) is 4.74 Å². The number of nitrogens with one attached hydrogen (secondary N) is 1. The summed E-state index contributed by atoms with van der Waals surface area (Å²) in [6.07, 6.45) is 2.08. The van der Waals surface area contributed by atoms with Crippen molar-refractivity contribution in [1.29, 1.82) is 0 Å². The fourth-order valence-corrected chi connectivity index (χ4v) is 3.43. The van der Waals surface area contributed by atoms with Gasteiger partial charge in [0.1, 0.15) is 5.75 Å². The van der Waals surface area contributed by atoms with Crippen molar-refractivity contribution in [3.05, 3.63) is 47.7 Å². The molecule has 1 amide bonds. The van der Waals surface area contributed by atoms with Gasteiger partial charge in [0.05, 0.1) is 48.2 Å². The Balaban J connectivity index is 1.51. The zero-order valence-corrected chi connectivity index (χ0v) is 16.2. The fraction of sp³-hybridized carbons (Fsp3) is 0.400. The minimum absolute atomic E-state index is 0.329. The Hall–Kier alpha value is -3.17. The van der Waals surface area contributed by atoms with Crippen LogP contribution in [0.4, 0.5) is 13.2 Å². The molecule has 158 valence electrons. The minimum Gasteiger partial charge on any atom is -0.491 e. The average Bonchev–Trinajstić information content (AvgIpc) is 3.33. The van der Waals surface area contributed by atoms with Gasteiger partial charge in [-0.05, 0) is 37.5 Å². The Kier molecular flexibility index (Phi) is 5.08. The second kappa shape index (κ2) is 7.58. The number of pyridine rings is 2. The van der Waals surface area contributed by atoms with E-state index in [1.54, 1.807) is 23.9 Å². The number of hydrogen-bond acceptors (Lipinski definition) is 5. The number of carbonyl (C=O) groups excluding carboxylic acids is 1. The SMILES string of the molecule is Cc1cc(Cn2cc3c(C4(NC=O)CC4)nccc3n2)ncc1OCCC(F)(F)F. The molecular weight excluding hydrogens is 399 g/mol. The Bertz CT molecular complexity index is 1080. The lowest BCUT2D eigenvalue weighted by Gasteiger charge is -2.13. The van der Waals surface area contributed by atoms with Crippen molar-refractivity contribution in [3.8, 4) is 5.75 Å². The van der Waals surface area contributed by atoms with Gasteiger partial charge in [0.25, 0.3) is 0 Å². The molecule has 0 aromatic carbocycles. The molecular formula is C20H20F3N5O2. The monoisotopic (exact) mass is 419 g/mol. The molecule has 30 heavy (non-hydrogen) atoms. The molecule has 0 aliphatic heterocycles. The molecule has 0 bridgehead atoms. The highest BCUT2D eigenvalue weighted by Crippen LogP contribution is 2.46. The van der Waals surface area contributed by atoms with Crippen LogP contribution in [0, 0.1) is 6.92 Å². The first-order chi connectivity index (χ1) is 14.3. The third-order valence-electron chi connectivity index (χ3n) is 5.11. The van der Waals surface area contributed by atoms with Gasteiger partial charge in [0.15, 0.2) is 0 Å². The zero-order chi connectivity index (χ0) is 21.4. The van der Waals surface area contributed by atoms with Crippen molar-refractivity contribution in [2.45, 2.75) is 44.4 Å². The molecule has 1 fully saturated rings. The number of nitrogens with zero attached hydrogens (tertiary/aromatic N) is 4. The molecule has 3 aromatic heterocycles. The molecule has 0 saturated heterocycles. The van der Waals surface area contributed by atoms with Crippen LogP contribution in [-0.2, 0) is 16.9 Å². The van der Waals surface area contributed by atoms with Gasteiger partial charge >= 0.3 is 6.18 Å². The van der Waals surface area contributed by atoms with E-state index in [0.29, 0.717) is 30.0 Å². The zero-order valence-electron chi connectivity index (χ0n) is 16.2. The number of hydrogen-bond donors (Lipinski definition) is 1. The van der Waals surface area contributed by atoms with Crippen molar-refractivity contribution in [3.63, 3.8) is 0 Å². The molecule has 3 heterocycles. The Morgan fingerprint density at radius 3 is 2.80 bits per heavy atom. The average molecular weight is 419 g/mol. The van der Waals surface area contributed by atoms with Crippen LogP contribution in [0.25, 0.3) is 10.9 Å². The van der Waals surface area contributed by atoms with Gasteiger partial charge in [-0.2, -0.15) is 18.3 Å². The van der Waals surface area contributed by atoms with Crippen molar-refractivity contribution < 1.29 is 22.7 Å². The Morgan fingerprint density at radius 1 is 1.33 bits per heavy atom. The molecule has 7 nitrogen and oxygen atoms in total. The summed E-state index contributed by atoms with van der Waals surface area (Å²) in [5.41, 5.74) is 2.55. The highest BCUT2D eigenvalue weighted by atomic mass is 19.4. The maximum Gasteiger partial charge on any atom is 0.392 e. The standard InChI is InChI=1S/C20H20F3N5O2/c1-13-8-14(25-9-17(13)30-7-5-20(21,22)23)10-28-11-15-16(27-28)2-6-24-18(15)19(3-4-19)26-12-29/h2,6,8-9,11-12H,3-5,7,10H2,1H3,(H,26,29). The number of alkyl halides is 3. The third-order valence-corrected chi connectivity index (χ3v) is 5.11. The van der Waals surface area contributed by atoms with Gasteiger partial charge in [-0.25, -0.2) is 0 Å². The number of rotatable bonds is 8. The number of amides is 1. The normalized spacial score (nSPS) is 15.2. The lowest BCUT2D eigenvalue weighted by atomic mass is 10.1. The molecule has 3 aromatic rings. The van der Waals surface area contributed by atoms with Gasteiger partial charge in [0.2, 0.25) is 6.41 Å². The summed E-state index contributed by atoms with van der Waals surface area (Å²) < 4.78 is 43.7. The summed E-state index contributed by atoms with van der Waals surface area (Å²) in [5, 5.41) is 8.30. The second-order valence-corrected chi connectivity index (χ2v) is 7.42.